The third-order valence-corrected chi connectivity index (χ3v) is 3.89. The molecule has 2 aromatic carbocycles. The SMILES string of the molecule is ClCCCCC1=Nc2cc(Cl)ccc2Oc2ccccc21. The number of unbranched alkanes of at least 4 members (excludes halogenated alkanes) is 1. The quantitative estimate of drug-likeness (QED) is 0.502. The summed E-state index contributed by atoms with van der Waals surface area (Å²) in [7, 11) is 0. The van der Waals surface area contributed by atoms with Crippen LogP contribution in [0.25, 0.3) is 0 Å². The summed E-state index contributed by atoms with van der Waals surface area (Å²) in [5, 5.41) is 0.659. The molecule has 1 aliphatic heterocycles. The lowest BCUT2D eigenvalue weighted by Gasteiger charge is -2.09. The van der Waals surface area contributed by atoms with E-state index in [2.05, 4.69) is 0 Å². The molecule has 1 heterocycles. The summed E-state index contributed by atoms with van der Waals surface area (Å²) < 4.78 is 5.99. The van der Waals surface area contributed by atoms with Gasteiger partial charge in [0.25, 0.3) is 0 Å². The number of rotatable bonds is 4. The molecular formula is C17H15Cl2NO. The van der Waals surface area contributed by atoms with E-state index < -0.39 is 0 Å². The van der Waals surface area contributed by atoms with Gasteiger partial charge in [0.15, 0.2) is 5.75 Å². The van der Waals surface area contributed by atoms with Gasteiger partial charge in [-0.05, 0) is 49.6 Å². The molecule has 108 valence electrons. The maximum absolute atomic E-state index is 6.07. The number of benzene rings is 2. The number of nitrogens with zero attached hydrogens (tertiary/aromatic N) is 1. The van der Waals surface area contributed by atoms with Crippen molar-refractivity contribution < 1.29 is 4.74 Å². The van der Waals surface area contributed by atoms with Crippen molar-refractivity contribution in [1.82, 2.24) is 0 Å². The maximum atomic E-state index is 6.07. The van der Waals surface area contributed by atoms with Gasteiger partial charge in [-0.15, -0.1) is 11.6 Å². The minimum absolute atomic E-state index is 0.659. The molecule has 21 heavy (non-hydrogen) atoms. The van der Waals surface area contributed by atoms with Crippen molar-refractivity contribution in [1.29, 1.82) is 0 Å². The molecule has 0 spiro atoms. The van der Waals surface area contributed by atoms with Crippen molar-refractivity contribution in [2.24, 2.45) is 4.99 Å². The van der Waals surface area contributed by atoms with Gasteiger partial charge in [-0.3, -0.25) is 0 Å². The molecule has 0 saturated carbocycles. The van der Waals surface area contributed by atoms with E-state index in [1.54, 1.807) is 0 Å². The summed E-state index contributed by atoms with van der Waals surface area (Å²) in [4.78, 5) is 4.78. The summed E-state index contributed by atoms with van der Waals surface area (Å²) in [6.07, 6.45) is 2.86. The molecule has 0 aromatic heterocycles. The van der Waals surface area contributed by atoms with E-state index in [1.165, 1.54) is 0 Å². The first-order chi connectivity index (χ1) is 10.3. The van der Waals surface area contributed by atoms with Crippen LogP contribution < -0.4 is 4.74 Å². The molecule has 1 aliphatic rings. The molecule has 2 nitrogen and oxygen atoms in total. The van der Waals surface area contributed by atoms with Crippen LogP contribution in [0.1, 0.15) is 24.8 Å². The Kier molecular flexibility index (Phi) is 4.47. The fourth-order valence-electron chi connectivity index (χ4n) is 2.36. The Morgan fingerprint density at radius 1 is 1.00 bits per heavy atom. The average Bonchev–Trinajstić information content (AvgIpc) is 2.64. The third kappa shape index (κ3) is 3.22. The average molecular weight is 320 g/mol. The van der Waals surface area contributed by atoms with Crippen LogP contribution >= 0.6 is 23.2 Å². The van der Waals surface area contributed by atoms with Crippen molar-refractivity contribution in [2.75, 3.05) is 5.88 Å². The Hall–Kier alpha value is -1.51. The van der Waals surface area contributed by atoms with E-state index in [4.69, 9.17) is 32.9 Å². The second kappa shape index (κ2) is 6.50. The number of aliphatic imine (C=N–C) groups is 1. The Morgan fingerprint density at radius 3 is 2.71 bits per heavy atom. The lowest BCUT2D eigenvalue weighted by molar-refractivity contribution is 0.484. The predicted molar refractivity (Wildman–Crippen MR) is 88.7 cm³/mol. The summed E-state index contributed by atoms with van der Waals surface area (Å²) in [5.41, 5.74) is 2.84. The number of fused-ring (bicyclic) bond motifs is 2. The number of halogens is 2. The monoisotopic (exact) mass is 319 g/mol. The number of ether oxygens (including phenoxy) is 1. The van der Waals surface area contributed by atoms with Crippen LogP contribution in [0.5, 0.6) is 11.5 Å². The van der Waals surface area contributed by atoms with Gasteiger partial charge in [0, 0.05) is 16.5 Å². The van der Waals surface area contributed by atoms with Crippen molar-refractivity contribution in [3.8, 4) is 11.5 Å². The highest BCUT2D eigenvalue weighted by atomic mass is 35.5. The van der Waals surface area contributed by atoms with E-state index in [1.807, 2.05) is 42.5 Å². The smallest absolute Gasteiger partial charge is 0.153 e. The van der Waals surface area contributed by atoms with Gasteiger partial charge in [-0.1, -0.05) is 23.7 Å². The molecule has 0 saturated heterocycles. The summed E-state index contributed by atoms with van der Waals surface area (Å²) in [6.45, 7) is 0. The van der Waals surface area contributed by atoms with Gasteiger partial charge in [-0.2, -0.15) is 0 Å². The fraction of sp³-hybridized carbons (Fsp3) is 0.235. The largest absolute Gasteiger partial charge is 0.454 e. The molecule has 3 rings (SSSR count). The molecule has 0 unspecified atom stereocenters. The molecule has 4 heteroatoms. The lowest BCUT2D eigenvalue weighted by Crippen LogP contribution is -2.01. The number of hydrogen-bond donors (Lipinski definition) is 0. The molecule has 0 fully saturated rings. The van der Waals surface area contributed by atoms with E-state index in [-0.39, 0.29) is 0 Å². The van der Waals surface area contributed by atoms with E-state index in [0.29, 0.717) is 10.9 Å². The van der Waals surface area contributed by atoms with Gasteiger partial charge >= 0.3 is 0 Å². The zero-order chi connectivity index (χ0) is 14.7. The van der Waals surface area contributed by atoms with Gasteiger partial charge < -0.3 is 4.74 Å². The zero-order valence-electron chi connectivity index (χ0n) is 11.5. The van der Waals surface area contributed by atoms with Crippen LogP contribution in [0.2, 0.25) is 5.02 Å². The Labute approximate surface area is 134 Å². The van der Waals surface area contributed by atoms with Crippen molar-refractivity contribution >= 4 is 34.6 Å². The molecular weight excluding hydrogens is 305 g/mol. The van der Waals surface area contributed by atoms with Crippen molar-refractivity contribution in [3.05, 3.63) is 53.1 Å². The van der Waals surface area contributed by atoms with Crippen LogP contribution in [0.4, 0.5) is 5.69 Å². The van der Waals surface area contributed by atoms with Gasteiger partial charge in [0.05, 0.1) is 5.71 Å². The number of alkyl halides is 1. The Balaban J connectivity index is 2.04. The van der Waals surface area contributed by atoms with Crippen LogP contribution in [0.3, 0.4) is 0 Å². The highest BCUT2D eigenvalue weighted by Gasteiger charge is 2.17. The zero-order valence-corrected chi connectivity index (χ0v) is 13.0. The minimum Gasteiger partial charge on any atom is -0.454 e. The Morgan fingerprint density at radius 2 is 1.86 bits per heavy atom. The number of para-hydroxylation sites is 1. The van der Waals surface area contributed by atoms with Gasteiger partial charge in [0.1, 0.15) is 11.4 Å². The van der Waals surface area contributed by atoms with E-state index >= 15 is 0 Å². The molecule has 0 N–H and O–H groups in total. The lowest BCUT2D eigenvalue weighted by atomic mass is 10.0. The van der Waals surface area contributed by atoms with E-state index in [9.17, 15) is 0 Å². The molecule has 0 bridgehead atoms. The second-order valence-corrected chi connectivity index (χ2v) is 5.73. The van der Waals surface area contributed by atoms with Gasteiger partial charge in [0.2, 0.25) is 0 Å². The first-order valence-corrected chi connectivity index (χ1v) is 7.89. The summed E-state index contributed by atoms with van der Waals surface area (Å²) in [5.74, 6) is 2.25. The first-order valence-electron chi connectivity index (χ1n) is 6.98. The molecule has 0 radical (unpaired) electrons. The summed E-state index contributed by atoms with van der Waals surface area (Å²) >= 11 is 11.8. The number of hydrogen-bond acceptors (Lipinski definition) is 2. The highest BCUT2D eigenvalue weighted by molar-refractivity contribution is 6.31. The van der Waals surface area contributed by atoms with E-state index in [0.717, 1.165) is 47.7 Å². The van der Waals surface area contributed by atoms with Crippen molar-refractivity contribution in [2.45, 2.75) is 19.3 Å². The normalized spacial score (nSPS) is 12.8. The molecule has 0 amide bonds. The Bertz CT molecular complexity index is 682. The van der Waals surface area contributed by atoms with Crippen LogP contribution in [0, 0.1) is 0 Å². The molecule has 2 aromatic rings. The second-order valence-electron chi connectivity index (χ2n) is 4.91. The maximum Gasteiger partial charge on any atom is 0.153 e. The molecule has 0 atom stereocenters. The highest BCUT2D eigenvalue weighted by Crippen LogP contribution is 2.39. The standard InChI is InChI=1S/C17H15Cl2NO/c18-10-4-3-6-14-13-5-1-2-7-16(13)21-17-9-8-12(19)11-15(17)20-14/h1-2,5,7-9,11H,3-4,6,10H2. The summed E-state index contributed by atoms with van der Waals surface area (Å²) in [6, 6.07) is 13.5. The predicted octanol–water partition coefficient (Wildman–Crippen LogP) is 5.98. The van der Waals surface area contributed by atoms with Gasteiger partial charge in [-0.25, -0.2) is 4.99 Å². The molecule has 0 aliphatic carbocycles. The van der Waals surface area contributed by atoms with Crippen LogP contribution in [0.15, 0.2) is 47.5 Å². The first kappa shape index (κ1) is 14.4. The van der Waals surface area contributed by atoms with Crippen LogP contribution in [-0.2, 0) is 0 Å². The topological polar surface area (TPSA) is 21.6 Å². The minimum atomic E-state index is 0.659. The third-order valence-electron chi connectivity index (χ3n) is 3.39. The van der Waals surface area contributed by atoms with Crippen LogP contribution in [-0.4, -0.2) is 11.6 Å². The fourth-order valence-corrected chi connectivity index (χ4v) is 2.72. The van der Waals surface area contributed by atoms with Crippen molar-refractivity contribution in [3.63, 3.8) is 0 Å².